The summed E-state index contributed by atoms with van der Waals surface area (Å²) in [5.74, 6) is -0.127. The topological polar surface area (TPSA) is 73.5 Å². The van der Waals surface area contributed by atoms with Crippen molar-refractivity contribution >= 4 is 26.8 Å². The Hall–Kier alpha value is -2.64. The summed E-state index contributed by atoms with van der Waals surface area (Å²) in [6.45, 7) is 2.54. The number of nitrogens with one attached hydrogen (secondary N) is 1. The van der Waals surface area contributed by atoms with E-state index in [1.165, 1.54) is 4.31 Å². The van der Waals surface area contributed by atoms with Gasteiger partial charge < -0.3 is 9.88 Å². The number of H-pyrrole nitrogens is 1. The second-order valence-electron chi connectivity index (χ2n) is 8.09. The molecule has 1 aliphatic rings. The Morgan fingerprint density at radius 3 is 2.48 bits per heavy atom. The predicted molar refractivity (Wildman–Crippen MR) is 123 cm³/mol. The van der Waals surface area contributed by atoms with Crippen molar-refractivity contribution in [3.63, 3.8) is 0 Å². The zero-order valence-corrected chi connectivity index (χ0v) is 18.6. The number of benzene rings is 2. The zero-order chi connectivity index (χ0) is 21.8. The van der Waals surface area contributed by atoms with Crippen molar-refractivity contribution in [2.75, 3.05) is 18.8 Å². The van der Waals surface area contributed by atoms with E-state index in [2.05, 4.69) is 11.1 Å². The fourth-order valence-electron chi connectivity index (χ4n) is 3.91. The molecule has 0 atom stereocenters. The normalized spacial score (nSPS) is 14.3. The lowest BCUT2D eigenvalue weighted by Gasteiger charge is -2.27. The van der Waals surface area contributed by atoms with Gasteiger partial charge in [-0.3, -0.25) is 4.79 Å². The number of rotatable bonds is 10. The van der Waals surface area contributed by atoms with Crippen molar-refractivity contribution in [1.29, 1.82) is 0 Å². The van der Waals surface area contributed by atoms with Crippen LogP contribution in [0.2, 0.25) is 0 Å². The van der Waals surface area contributed by atoms with Crippen LogP contribution in [0.3, 0.4) is 0 Å². The highest BCUT2D eigenvalue weighted by Gasteiger charge is 2.38. The van der Waals surface area contributed by atoms with Crippen LogP contribution in [0.4, 0.5) is 0 Å². The number of fused-ring (bicyclic) bond motifs is 1. The van der Waals surface area contributed by atoms with Crippen molar-refractivity contribution in [3.05, 3.63) is 71.9 Å². The van der Waals surface area contributed by atoms with Gasteiger partial charge in [-0.25, -0.2) is 8.42 Å². The Bertz CT molecular complexity index is 1140. The van der Waals surface area contributed by atoms with Crippen molar-refractivity contribution in [2.45, 2.75) is 38.8 Å². The average Bonchev–Trinajstić information content (AvgIpc) is 3.54. The molecule has 4 rings (SSSR count). The van der Waals surface area contributed by atoms with E-state index in [0.29, 0.717) is 19.5 Å². The molecule has 0 bridgehead atoms. The fourth-order valence-corrected chi connectivity index (χ4v) is 5.21. The highest BCUT2D eigenvalue weighted by molar-refractivity contribution is 7.89. The van der Waals surface area contributed by atoms with Crippen LogP contribution >= 0.6 is 0 Å². The van der Waals surface area contributed by atoms with E-state index >= 15 is 0 Å². The molecule has 2 aromatic carbocycles. The van der Waals surface area contributed by atoms with Crippen LogP contribution in [0.25, 0.3) is 10.9 Å². The standard InChI is InChI=1S/C24H29N3O3S/c1-2-31(29,30)27(21-12-13-21)18-24(28)26(17-19-8-4-3-5-9-19)15-14-20-16-25-23-11-7-6-10-22(20)23/h3-11,16,21,25H,2,12-15,17-18H2,1H3. The maximum Gasteiger partial charge on any atom is 0.238 e. The second-order valence-corrected chi connectivity index (χ2v) is 10.3. The highest BCUT2D eigenvalue weighted by Crippen LogP contribution is 2.29. The van der Waals surface area contributed by atoms with Gasteiger partial charge in [0, 0.05) is 36.2 Å². The molecule has 1 aliphatic carbocycles. The third-order valence-corrected chi connectivity index (χ3v) is 7.73. The molecule has 1 amide bonds. The first-order valence-electron chi connectivity index (χ1n) is 10.8. The smallest absolute Gasteiger partial charge is 0.238 e. The highest BCUT2D eigenvalue weighted by atomic mass is 32.2. The molecule has 0 spiro atoms. The van der Waals surface area contributed by atoms with Gasteiger partial charge in [0.15, 0.2) is 0 Å². The third kappa shape index (κ3) is 5.17. The molecular formula is C24H29N3O3S. The Morgan fingerprint density at radius 2 is 1.77 bits per heavy atom. The van der Waals surface area contributed by atoms with E-state index < -0.39 is 10.0 Å². The van der Waals surface area contributed by atoms with Crippen LogP contribution in [0.15, 0.2) is 60.8 Å². The van der Waals surface area contributed by atoms with Gasteiger partial charge in [-0.2, -0.15) is 4.31 Å². The average molecular weight is 440 g/mol. The van der Waals surface area contributed by atoms with Crippen molar-refractivity contribution in [3.8, 4) is 0 Å². The number of sulfonamides is 1. The van der Waals surface area contributed by atoms with Gasteiger partial charge in [0.1, 0.15) is 0 Å². The van der Waals surface area contributed by atoms with Gasteiger partial charge >= 0.3 is 0 Å². The zero-order valence-electron chi connectivity index (χ0n) is 17.8. The van der Waals surface area contributed by atoms with E-state index in [-0.39, 0.29) is 24.2 Å². The molecule has 1 aromatic heterocycles. The number of carbonyl (C=O) groups excluding carboxylic acids is 1. The molecule has 0 unspecified atom stereocenters. The molecular weight excluding hydrogens is 410 g/mol. The predicted octanol–water partition coefficient (Wildman–Crippen LogP) is 3.55. The molecule has 1 fully saturated rings. The van der Waals surface area contributed by atoms with Crippen LogP contribution in [0.1, 0.15) is 30.9 Å². The van der Waals surface area contributed by atoms with Crippen LogP contribution in [0, 0.1) is 0 Å². The number of para-hydroxylation sites is 1. The number of nitrogens with zero attached hydrogens (tertiary/aromatic N) is 2. The van der Waals surface area contributed by atoms with Crippen LogP contribution in [0.5, 0.6) is 0 Å². The molecule has 0 aliphatic heterocycles. The summed E-state index contributed by atoms with van der Waals surface area (Å²) in [5, 5.41) is 1.16. The van der Waals surface area contributed by atoms with E-state index in [4.69, 9.17) is 0 Å². The van der Waals surface area contributed by atoms with E-state index in [1.54, 1.807) is 11.8 Å². The summed E-state index contributed by atoms with van der Waals surface area (Å²) in [5.41, 5.74) is 3.26. The summed E-state index contributed by atoms with van der Waals surface area (Å²) in [6, 6.07) is 17.9. The maximum atomic E-state index is 13.3. The molecule has 0 radical (unpaired) electrons. The van der Waals surface area contributed by atoms with Crippen molar-refractivity contribution in [2.24, 2.45) is 0 Å². The molecule has 7 heteroatoms. The van der Waals surface area contributed by atoms with Gasteiger partial charge in [-0.05, 0) is 43.4 Å². The number of aromatic amines is 1. The Labute approximate surface area is 183 Å². The minimum Gasteiger partial charge on any atom is -0.361 e. The van der Waals surface area contributed by atoms with E-state index in [1.807, 2.05) is 54.7 Å². The summed E-state index contributed by atoms with van der Waals surface area (Å²) >= 11 is 0. The van der Waals surface area contributed by atoms with E-state index in [9.17, 15) is 13.2 Å². The van der Waals surface area contributed by atoms with Crippen LogP contribution in [-0.2, 0) is 27.8 Å². The summed E-state index contributed by atoms with van der Waals surface area (Å²) in [7, 11) is -3.40. The number of aromatic nitrogens is 1. The maximum absolute atomic E-state index is 13.3. The number of hydrogen-bond donors (Lipinski definition) is 1. The minimum absolute atomic E-state index is 0.0187. The Morgan fingerprint density at radius 1 is 1.06 bits per heavy atom. The summed E-state index contributed by atoms with van der Waals surface area (Å²) in [6.07, 6.45) is 4.36. The quantitative estimate of drug-likeness (QED) is 0.525. The minimum atomic E-state index is -3.40. The largest absolute Gasteiger partial charge is 0.361 e. The third-order valence-electron chi connectivity index (χ3n) is 5.86. The molecule has 1 saturated carbocycles. The number of hydrogen-bond acceptors (Lipinski definition) is 3. The molecule has 3 aromatic rings. The lowest BCUT2D eigenvalue weighted by Crippen LogP contribution is -2.44. The van der Waals surface area contributed by atoms with Crippen LogP contribution < -0.4 is 0 Å². The second kappa shape index (κ2) is 9.24. The molecule has 1 N–H and O–H groups in total. The van der Waals surface area contributed by atoms with Crippen LogP contribution in [-0.4, -0.2) is 53.4 Å². The number of carbonyl (C=O) groups is 1. The van der Waals surface area contributed by atoms with E-state index in [0.717, 1.165) is 34.9 Å². The molecule has 31 heavy (non-hydrogen) atoms. The SMILES string of the molecule is CCS(=O)(=O)N(CC(=O)N(CCc1c[nH]c2ccccc12)Cc1ccccc1)C1CC1. The van der Waals surface area contributed by atoms with Gasteiger partial charge in [0.2, 0.25) is 15.9 Å². The molecule has 0 saturated heterocycles. The van der Waals surface area contributed by atoms with Crippen molar-refractivity contribution in [1.82, 2.24) is 14.2 Å². The molecule has 6 nitrogen and oxygen atoms in total. The number of amides is 1. The van der Waals surface area contributed by atoms with Crippen molar-refractivity contribution < 1.29 is 13.2 Å². The molecule has 1 heterocycles. The fraction of sp³-hybridized carbons (Fsp3) is 0.375. The lowest BCUT2D eigenvalue weighted by atomic mass is 10.1. The Kier molecular flexibility index (Phi) is 6.43. The van der Waals surface area contributed by atoms with Gasteiger partial charge in [-0.15, -0.1) is 0 Å². The summed E-state index contributed by atoms with van der Waals surface area (Å²) < 4.78 is 26.5. The first-order chi connectivity index (χ1) is 15.0. The lowest BCUT2D eigenvalue weighted by molar-refractivity contribution is -0.132. The van der Waals surface area contributed by atoms with Gasteiger partial charge in [-0.1, -0.05) is 48.5 Å². The Balaban J connectivity index is 1.52. The monoisotopic (exact) mass is 439 g/mol. The summed E-state index contributed by atoms with van der Waals surface area (Å²) in [4.78, 5) is 18.4. The van der Waals surface area contributed by atoms with Gasteiger partial charge in [0.25, 0.3) is 0 Å². The van der Waals surface area contributed by atoms with Gasteiger partial charge in [0.05, 0.1) is 12.3 Å². The first kappa shape index (κ1) is 21.6. The molecule has 164 valence electrons. The first-order valence-corrected chi connectivity index (χ1v) is 12.4.